The average Bonchev–Trinajstić information content (AvgIpc) is 2.85. The van der Waals surface area contributed by atoms with Crippen molar-refractivity contribution in [3.8, 4) is 22.6 Å². The standard InChI is InChI=1S/C13H8ClNO4/c14-12-4-8(13(16)17)9(5-15-12)7-1-2-10-11(3-7)19-6-18-10/h1-5H,6H2,(H,16,17). The Hall–Kier alpha value is -2.27. The lowest BCUT2D eigenvalue weighted by Gasteiger charge is -2.07. The SMILES string of the molecule is O=C(O)c1cc(Cl)ncc1-c1ccc2c(c1)OCO2. The Bertz CT molecular complexity index is 672. The number of hydrogen-bond acceptors (Lipinski definition) is 4. The van der Waals surface area contributed by atoms with Gasteiger partial charge in [-0.1, -0.05) is 17.7 Å². The number of rotatable bonds is 2. The summed E-state index contributed by atoms with van der Waals surface area (Å²) in [7, 11) is 0. The summed E-state index contributed by atoms with van der Waals surface area (Å²) in [5.41, 5.74) is 1.26. The van der Waals surface area contributed by atoms with E-state index in [1.165, 1.54) is 12.3 Å². The number of benzene rings is 1. The first kappa shape index (κ1) is 11.8. The van der Waals surface area contributed by atoms with Gasteiger partial charge in [-0.15, -0.1) is 0 Å². The summed E-state index contributed by atoms with van der Waals surface area (Å²) >= 11 is 5.72. The number of carboxylic acid groups (broad SMARTS) is 1. The normalized spacial score (nSPS) is 12.5. The molecule has 1 N–H and O–H groups in total. The van der Waals surface area contributed by atoms with E-state index in [-0.39, 0.29) is 17.5 Å². The quantitative estimate of drug-likeness (QED) is 0.855. The van der Waals surface area contributed by atoms with E-state index in [1.54, 1.807) is 18.2 Å². The second-order valence-corrected chi connectivity index (χ2v) is 4.31. The van der Waals surface area contributed by atoms with E-state index in [2.05, 4.69) is 4.98 Å². The van der Waals surface area contributed by atoms with Gasteiger partial charge in [0.05, 0.1) is 5.56 Å². The molecular formula is C13H8ClNO4. The minimum Gasteiger partial charge on any atom is -0.478 e. The number of carbonyl (C=O) groups is 1. The van der Waals surface area contributed by atoms with Gasteiger partial charge < -0.3 is 14.6 Å². The van der Waals surface area contributed by atoms with E-state index in [9.17, 15) is 9.90 Å². The predicted molar refractivity (Wildman–Crippen MR) is 67.8 cm³/mol. The van der Waals surface area contributed by atoms with Gasteiger partial charge in [0.1, 0.15) is 5.15 Å². The van der Waals surface area contributed by atoms with Gasteiger partial charge in [-0.05, 0) is 23.8 Å². The highest BCUT2D eigenvalue weighted by atomic mass is 35.5. The van der Waals surface area contributed by atoms with Crippen LogP contribution in [0.5, 0.6) is 11.5 Å². The van der Waals surface area contributed by atoms with Crippen LogP contribution < -0.4 is 9.47 Å². The molecule has 2 aromatic rings. The lowest BCUT2D eigenvalue weighted by Crippen LogP contribution is -2.00. The number of halogens is 1. The van der Waals surface area contributed by atoms with Gasteiger partial charge in [0.2, 0.25) is 6.79 Å². The topological polar surface area (TPSA) is 68.7 Å². The summed E-state index contributed by atoms with van der Waals surface area (Å²) in [5.74, 6) is 0.170. The van der Waals surface area contributed by atoms with Crippen molar-refractivity contribution < 1.29 is 19.4 Å². The van der Waals surface area contributed by atoms with Crippen LogP contribution in [0.15, 0.2) is 30.5 Å². The molecular weight excluding hydrogens is 270 g/mol. The molecule has 1 aliphatic rings. The van der Waals surface area contributed by atoms with Gasteiger partial charge in [0.15, 0.2) is 11.5 Å². The van der Waals surface area contributed by atoms with E-state index in [1.807, 2.05) is 0 Å². The lowest BCUT2D eigenvalue weighted by molar-refractivity contribution is 0.0697. The van der Waals surface area contributed by atoms with Crippen molar-refractivity contribution in [2.45, 2.75) is 0 Å². The molecule has 1 aliphatic heterocycles. The van der Waals surface area contributed by atoms with Crippen molar-refractivity contribution in [2.24, 2.45) is 0 Å². The van der Waals surface area contributed by atoms with Gasteiger partial charge in [0, 0.05) is 11.8 Å². The molecule has 0 saturated heterocycles. The van der Waals surface area contributed by atoms with E-state index in [0.29, 0.717) is 22.6 Å². The van der Waals surface area contributed by atoms with Crippen molar-refractivity contribution >= 4 is 17.6 Å². The largest absolute Gasteiger partial charge is 0.478 e. The third-order valence-electron chi connectivity index (χ3n) is 2.78. The molecule has 1 aromatic heterocycles. The number of fused-ring (bicyclic) bond motifs is 1. The highest BCUT2D eigenvalue weighted by Crippen LogP contribution is 2.36. The Labute approximate surface area is 113 Å². The first-order valence-corrected chi connectivity index (χ1v) is 5.82. The lowest BCUT2D eigenvalue weighted by atomic mass is 10.0. The monoisotopic (exact) mass is 277 g/mol. The minimum absolute atomic E-state index is 0.0962. The molecule has 19 heavy (non-hydrogen) atoms. The third-order valence-corrected chi connectivity index (χ3v) is 2.99. The van der Waals surface area contributed by atoms with E-state index < -0.39 is 5.97 Å². The molecule has 0 aliphatic carbocycles. The van der Waals surface area contributed by atoms with Gasteiger partial charge in [-0.3, -0.25) is 0 Å². The van der Waals surface area contributed by atoms with Crippen LogP contribution in [0.4, 0.5) is 0 Å². The number of hydrogen-bond donors (Lipinski definition) is 1. The van der Waals surface area contributed by atoms with Crippen LogP contribution in [-0.4, -0.2) is 22.9 Å². The summed E-state index contributed by atoms with van der Waals surface area (Å²) in [6.07, 6.45) is 1.43. The third kappa shape index (κ3) is 2.08. The number of carboxylic acids is 1. The van der Waals surface area contributed by atoms with Gasteiger partial charge in [-0.25, -0.2) is 9.78 Å². The van der Waals surface area contributed by atoms with Crippen molar-refractivity contribution in [1.29, 1.82) is 0 Å². The molecule has 0 amide bonds. The van der Waals surface area contributed by atoms with E-state index in [0.717, 1.165) is 0 Å². The molecule has 2 heterocycles. The fourth-order valence-electron chi connectivity index (χ4n) is 1.90. The highest BCUT2D eigenvalue weighted by Gasteiger charge is 2.17. The molecule has 0 spiro atoms. The number of pyridine rings is 1. The summed E-state index contributed by atoms with van der Waals surface area (Å²) in [4.78, 5) is 15.2. The van der Waals surface area contributed by atoms with Crippen molar-refractivity contribution in [3.63, 3.8) is 0 Å². The van der Waals surface area contributed by atoms with E-state index >= 15 is 0 Å². The van der Waals surface area contributed by atoms with Gasteiger partial charge in [0.25, 0.3) is 0 Å². The first-order valence-electron chi connectivity index (χ1n) is 5.44. The number of nitrogens with zero attached hydrogens (tertiary/aromatic N) is 1. The van der Waals surface area contributed by atoms with Crippen molar-refractivity contribution in [1.82, 2.24) is 4.98 Å². The van der Waals surface area contributed by atoms with Crippen LogP contribution in [0, 0.1) is 0 Å². The maximum atomic E-state index is 11.2. The van der Waals surface area contributed by atoms with Crippen LogP contribution in [0.25, 0.3) is 11.1 Å². The Morgan fingerprint density at radius 1 is 1.26 bits per heavy atom. The molecule has 0 bridgehead atoms. The number of aromatic nitrogens is 1. The molecule has 1 aromatic carbocycles. The van der Waals surface area contributed by atoms with Crippen molar-refractivity contribution in [3.05, 3.63) is 41.2 Å². The minimum atomic E-state index is -1.06. The fraction of sp³-hybridized carbons (Fsp3) is 0.0769. The number of ether oxygens (including phenoxy) is 2. The molecule has 0 radical (unpaired) electrons. The first-order chi connectivity index (χ1) is 9.15. The summed E-state index contributed by atoms with van der Waals surface area (Å²) in [5, 5.41) is 9.34. The van der Waals surface area contributed by atoms with Gasteiger partial charge >= 0.3 is 5.97 Å². The molecule has 0 atom stereocenters. The molecule has 0 saturated carbocycles. The molecule has 0 unspecified atom stereocenters. The Kier molecular flexibility index (Phi) is 2.76. The molecule has 96 valence electrons. The summed E-state index contributed by atoms with van der Waals surface area (Å²) in [6.45, 7) is 0.170. The zero-order valence-corrected chi connectivity index (χ0v) is 10.3. The summed E-state index contributed by atoms with van der Waals surface area (Å²) < 4.78 is 10.5. The Balaban J connectivity index is 2.14. The molecule has 6 heteroatoms. The predicted octanol–water partition coefficient (Wildman–Crippen LogP) is 2.83. The second-order valence-electron chi connectivity index (χ2n) is 3.93. The maximum absolute atomic E-state index is 11.2. The average molecular weight is 278 g/mol. The van der Waals surface area contributed by atoms with Crippen LogP contribution >= 0.6 is 11.6 Å². The fourth-order valence-corrected chi connectivity index (χ4v) is 2.06. The zero-order valence-electron chi connectivity index (χ0n) is 9.59. The number of aromatic carboxylic acids is 1. The van der Waals surface area contributed by atoms with Crippen LogP contribution in [0.2, 0.25) is 5.15 Å². The highest BCUT2D eigenvalue weighted by molar-refractivity contribution is 6.29. The van der Waals surface area contributed by atoms with Gasteiger partial charge in [-0.2, -0.15) is 0 Å². The van der Waals surface area contributed by atoms with Crippen LogP contribution in [0.3, 0.4) is 0 Å². The Morgan fingerprint density at radius 3 is 2.84 bits per heavy atom. The van der Waals surface area contributed by atoms with Crippen molar-refractivity contribution in [2.75, 3.05) is 6.79 Å². The smallest absolute Gasteiger partial charge is 0.336 e. The maximum Gasteiger partial charge on any atom is 0.336 e. The van der Waals surface area contributed by atoms with Crippen LogP contribution in [0.1, 0.15) is 10.4 Å². The summed E-state index contributed by atoms with van der Waals surface area (Å²) in [6, 6.07) is 6.53. The molecule has 0 fully saturated rings. The zero-order chi connectivity index (χ0) is 13.4. The van der Waals surface area contributed by atoms with Crippen LogP contribution in [-0.2, 0) is 0 Å². The Morgan fingerprint density at radius 2 is 2.05 bits per heavy atom. The second kappa shape index (κ2) is 4.44. The molecule has 3 rings (SSSR count). The molecule has 5 nitrogen and oxygen atoms in total. The van der Waals surface area contributed by atoms with E-state index in [4.69, 9.17) is 21.1 Å².